The lowest BCUT2D eigenvalue weighted by Crippen LogP contribution is -2.35. The van der Waals surface area contributed by atoms with Crippen molar-refractivity contribution in [3.05, 3.63) is 95.6 Å². The fraction of sp³-hybridized carbons (Fsp3) is 0.258. The van der Waals surface area contributed by atoms with Crippen LogP contribution in [0.5, 0.6) is 11.5 Å². The van der Waals surface area contributed by atoms with Gasteiger partial charge in [0.2, 0.25) is 12.7 Å². The van der Waals surface area contributed by atoms with Crippen molar-refractivity contribution >= 4 is 28.8 Å². The SMILES string of the molecule is Cc1ccc(Cn2cnc3c(NCc4ccc5c(c4)OCO5)nc(N(C)CCN(C)C(=O)c4ccncc4)nc32)cc1. The Labute approximate surface area is 243 Å². The number of imidazole rings is 1. The van der Waals surface area contributed by atoms with Gasteiger partial charge in [0.25, 0.3) is 5.91 Å². The van der Waals surface area contributed by atoms with E-state index in [-0.39, 0.29) is 12.7 Å². The molecular weight excluding hydrogens is 532 g/mol. The van der Waals surface area contributed by atoms with E-state index in [0.717, 1.165) is 28.3 Å². The molecule has 42 heavy (non-hydrogen) atoms. The molecule has 1 amide bonds. The maximum atomic E-state index is 12.8. The van der Waals surface area contributed by atoms with Crippen molar-refractivity contribution in [2.45, 2.75) is 20.0 Å². The summed E-state index contributed by atoms with van der Waals surface area (Å²) in [5.41, 5.74) is 5.40. The molecule has 214 valence electrons. The Bertz CT molecular complexity index is 1710. The third-order valence-electron chi connectivity index (χ3n) is 7.21. The maximum absolute atomic E-state index is 12.8. The lowest BCUT2D eigenvalue weighted by molar-refractivity contribution is 0.0798. The van der Waals surface area contributed by atoms with E-state index < -0.39 is 0 Å². The van der Waals surface area contributed by atoms with Crippen LogP contribution in [-0.2, 0) is 13.1 Å². The number of carbonyl (C=O) groups excluding carboxylic acids is 1. The molecule has 0 saturated carbocycles. The second-order valence-corrected chi connectivity index (χ2v) is 10.3. The molecule has 0 spiro atoms. The molecule has 2 aromatic carbocycles. The number of pyridine rings is 1. The molecule has 0 radical (unpaired) electrons. The number of ether oxygens (including phenoxy) is 2. The minimum Gasteiger partial charge on any atom is -0.454 e. The van der Waals surface area contributed by atoms with E-state index in [0.29, 0.717) is 49.0 Å². The highest BCUT2D eigenvalue weighted by Gasteiger charge is 2.19. The number of fused-ring (bicyclic) bond motifs is 2. The summed E-state index contributed by atoms with van der Waals surface area (Å²) in [7, 11) is 3.71. The summed E-state index contributed by atoms with van der Waals surface area (Å²) in [6.07, 6.45) is 5.04. The van der Waals surface area contributed by atoms with Crippen molar-refractivity contribution < 1.29 is 14.3 Å². The summed E-state index contributed by atoms with van der Waals surface area (Å²) < 4.78 is 13.0. The molecule has 0 atom stereocenters. The Balaban J connectivity index is 1.25. The summed E-state index contributed by atoms with van der Waals surface area (Å²) in [4.78, 5) is 34.9. The number of aromatic nitrogens is 5. The summed E-state index contributed by atoms with van der Waals surface area (Å²) in [6.45, 7) is 4.47. The summed E-state index contributed by atoms with van der Waals surface area (Å²) in [6, 6.07) is 17.7. The number of carbonyl (C=O) groups is 1. The lowest BCUT2D eigenvalue weighted by atomic mass is 10.1. The molecule has 0 aliphatic carbocycles. The standard InChI is InChI=1S/C31H32N8O3/c1-21-4-6-22(7-5-21)18-39-19-34-27-28(33-17-23-8-9-25-26(16-23)42-20-41-25)35-31(36-29(27)39)38(3)15-14-37(2)30(40)24-10-12-32-13-11-24/h4-13,16,19H,14-15,17-18,20H2,1-3H3,(H,33,35,36). The minimum absolute atomic E-state index is 0.0653. The maximum Gasteiger partial charge on any atom is 0.253 e. The molecule has 1 aliphatic heterocycles. The molecule has 11 heteroatoms. The Morgan fingerprint density at radius 1 is 0.952 bits per heavy atom. The van der Waals surface area contributed by atoms with E-state index in [2.05, 4.69) is 46.5 Å². The van der Waals surface area contributed by atoms with Crippen LogP contribution in [0.25, 0.3) is 11.2 Å². The summed E-state index contributed by atoms with van der Waals surface area (Å²) in [5, 5.41) is 3.46. The van der Waals surface area contributed by atoms with Crippen molar-refractivity contribution in [2.75, 3.05) is 44.2 Å². The van der Waals surface area contributed by atoms with Crippen LogP contribution in [0.2, 0.25) is 0 Å². The molecule has 0 saturated heterocycles. The largest absolute Gasteiger partial charge is 0.454 e. The van der Waals surface area contributed by atoms with Crippen LogP contribution in [-0.4, -0.2) is 69.3 Å². The Kier molecular flexibility index (Phi) is 7.54. The van der Waals surface area contributed by atoms with Gasteiger partial charge in [-0.15, -0.1) is 0 Å². The molecule has 1 aliphatic rings. The zero-order valence-electron chi connectivity index (χ0n) is 23.8. The smallest absolute Gasteiger partial charge is 0.253 e. The highest BCUT2D eigenvalue weighted by atomic mass is 16.7. The number of hydrogen-bond acceptors (Lipinski definition) is 9. The highest BCUT2D eigenvalue weighted by molar-refractivity contribution is 5.93. The quantitative estimate of drug-likeness (QED) is 0.268. The van der Waals surface area contributed by atoms with E-state index in [1.54, 1.807) is 42.8 Å². The number of benzene rings is 2. The van der Waals surface area contributed by atoms with E-state index >= 15 is 0 Å². The van der Waals surface area contributed by atoms with Crippen LogP contribution in [0.1, 0.15) is 27.0 Å². The molecule has 6 rings (SSSR count). The van der Waals surface area contributed by atoms with Gasteiger partial charge in [-0.25, -0.2) is 4.98 Å². The van der Waals surface area contributed by atoms with Gasteiger partial charge in [-0.05, 0) is 42.3 Å². The topological polar surface area (TPSA) is 111 Å². The monoisotopic (exact) mass is 564 g/mol. The van der Waals surface area contributed by atoms with Crippen LogP contribution >= 0.6 is 0 Å². The third kappa shape index (κ3) is 5.80. The van der Waals surface area contributed by atoms with Crippen molar-refractivity contribution in [3.8, 4) is 11.5 Å². The Hall–Kier alpha value is -5.19. The highest BCUT2D eigenvalue weighted by Crippen LogP contribution is 2.33. The second kappa shape index (κ2) is 11.7. The molecule has 1 N–H and O–H groups in total. The van der Waals surface area contributed by atoms with Gasteiger partial charge in [-0.3, -0.25) is 9.78 Å². The van der Waals surface area contributed by atoms with Gasteiger partial charge in [0.1, 0.15) is 0 Å². The van der Waals surface area contributed by atoms with Crippen molar-refractivity contribution in [1.29, 1.82) is 0 Å². The zero-order chi connectivity index (χ0) is 29.1. The van der Waals surface area contributed by atoms with Gasteiger partial charge in [0, 0.05) is 51.7 Å². The van der Waals surface area contributed by atoms with Gasteiger partial charge >= 0.3 is 0 Å². The molecular formula is C31H32N8O3. The second-order valence-electron chi connectivity index (χ2n) is 10.3. The fourth-order valence-electron chi connectivity index (χ4n) is 4.69. The van der Waals surface area contributed by atoms with Gasteiger partial charge < -0.3 is 29.2 Å². The predicted molar refractivity (Wildman–Crippen MR) is 160 cm³/mol. The van der Waals surface area contributed by atoms with Crippen LogP contribution in [0.4, 0.5) is 11.8 Å². The van der Waals surface area contributed by atoms with Crippen molar-refractivity contribution in [3.63, 3.8) is 0 Å². The average molecular weight is 565 g/mol. The number of amides is 1. The third-order valence-corrected chi connectivity index (χ3v) is 7.21. The average Bonchev–Trinajstić information content (AvgIpc) is 3.66. The number of hydrogen-bond donors (Lipinski definition) is 1. The fourth-order valence-corrected chi connectivity index (χ4v) is 4.69. The first-order valence-corrected chi connectivity index (χ1v) is 13.7. The number of nitrogens with zero attached hydrogens (tertiary/aromatic N) is 7. The van der Waals surface area contributed by atoms with Gasteiger partial charge in [0.15, 0.2) is 28.5 Å². The Morgan fingerprint density at radius 3 is 2.52 bits per heavy atom. The summed E-state index contributed by atoms with van der Waals surface area (Å²) >= 11 is 0. The number of likely N-dealkylation sites (N-methyl/N-ethyl adjacent to an activating group) is 2. The zero-order valence-corrected chi connectivity index (χ0v) is 23.8. The predicted octanol–water partition coefficient (Wildman–Crippen LogP) is 4.13. The molecule has 0 unspecified atom stereocenters. The number of anilines is 2. The number of rotatable bonds is 10. The van der Waals surface area contributed by atoms with Gasteiger partial charge in [-0.2, -0.15) is 9.97 Å². The van der Waals surface area contributed by atoms with E-state index in [1.165, 1.54) is 5.56 Å². The first kappa shape index (κ1) is 27.0. The lowest BCUT2D eigenvalue weighted by Gasteiger charge is -2.23. The van der Waals surface area contributed by atoms with Crippen LogP contribution in [0.15, 0.2) is 73.3 Å². The molecule has 0 fully saturated rings. The van der Waals surface area contributed by atoms with Crippen molar-refractivity contribution in [2.24, 2.45) is 0 Å². The molecule has 3 aromatic heterocycles. The molecule has 5 aromatic rings. The summed E-state index contributed by atoms with van der Waals surface area (Å²) in [5.74, 6) is 2.57. The van der Waals surface area contributed by atoms with Gasteiger partial charge in [0.05, 0.1) is 12.9 Å². The first-order chi connectivity index (χ1) is 20.4. The van der Waals surface area contributed by atoms with Crippen LogP contribution in [0.3, 0.4) is 0 Å². The minimum atomic E-state index is -0.0653. The molecule has 11 nitrogen and oxygen atoms in total. The Morgan fingerprint density at radius 2 is 1.71 bits per heavy atom. The first-order valence-electron chi connectivity index (χ1n) is 13.7. The van der Waals surface area contributed by atoms with Crippen LogP contribution in [0, 0.1) is 6.92 Å². The van der Waals surface area contributed by atoms with Crippen LogP contribution < -0.4 is 19.7 Å². The normalized spacial score (nSPS) is 12.0. The van der Waals surface area contributed by atoms with Crippen molar-refractivity contribution in [1.82, 2.24) is 29.4 Å². The number of aryl methyl sites for hydroxylation is 1. The van der Waals surface area contributed by atoms with E-state index in [9.17, 15) is 4.79 Å². The molecule has 4 heterocycles. The number of nitrogens with one attached hydrogen (secondary N) is 1. The molecule has 0 bridgehead atoms. The van der Waals surface area contributed by atoms with E-state index in [4.69, 9.17) is 19.4 Å². The van der Waals surface area contributed by atoms with Gasteiger partial charge in [-0.1, -0.05) is 35.9 Å². The van der Waals surface area contributed by atoms with E-state index in [1.807, 2.05) is 34.7 Å².